The maximum absolute atomic E-state index is 12.2. The van der Waals surface area contributed by atoms with Crippen molar-refractivity contribution in [3.63, 3.8) is 0 Å². The molecule has 0 aromatic heterocycles. The summed E-state index contributed by atoms with van der Waals surface area (Å²) in [5.41, 5.74) is -0.837. The maximum Gasteiger partial charge on any atom is 0.243 e. The van der Waals surface area contributed by atoms with Gasteiger partial charge in [-0.1, -0.05) is 20.8 Å². The van der Waals surface area contributed by atoms with Crippen LogP contribution in [-0.2, 0) is 9.59 Å². The van der Waals surface area contributed by atoms with Gasteiger partial charge in [0, 0.05) is 13.5 Å². The Hall–Kier alpha value is -1.37. The monoisotopic (exact) mass is 236 g/mol. The zero-order chi connectivity index (χ0) is 13.2. The van der Waals surface area contributed by atoms with Gasteiger partial charge in [0.15, 0.2) is 5.78 Å². The second kappa shape index (κ2) is 4.87. The molecule has 1 atom stereocenters. The first-order valence-corrected chi connectivity index (χ1v) is 6.11. The molecule has 1 aliphatic rings. The van der Waals surface area contributed by atoms with Crippen LogP contribution in [0.5, 0.6) is 0 Å². The maximum atomic E-state index is 12.2. The number of amides is 1. The van der Waals surface area contributed by atoms with Crippen molar-refractivity contribution in [2.75, 3.05) is 7.05 Å². The van der Waals surface area contributed by atoms with Crippen molar-refractivity contribution in [2.24, 2.45) is 11.3 Å². The Morgan fingerprint density at radius 2 is 1.94 bits per heavy atom. The van der Waals surface area contributed by atoms with E-state index in [-0.39, 0.29) is 17.6 Å². The lowest BCUT2D eigenvalue weighted by Gasteiger charge is -2.31. The number of likely N-dealkylation sites (N-methyl/N-ethyl adjacent to an activating group) is 1. The molecule has 1 rings (SSSR count). The molecule has 1 unspecified atom stereocenters. The van der Waals surface area contributed by atoms with Gasteiger partial charge in [0.1, 0.15) is 5.41 Å². The van der Waals surface area contributed by atoms with E-state index in [0.29, 0.717) is 19.3 Å². The Kier molecular flexibility index (Phi) is 3.92. The number of hydrogen-bond acceptors (Lipinski definition) is 3. The van der Waals surface area contributed by atoms with Gasteiger partial charge in [-0.25, -0.2) is 0 Å². The van der Waals surface area contributed by atoms with Gasteiger partial charge in [0.05, 0.1) is 12.1 Å². The van der Waals surface area contributed by atoms with Crippen LogP contribution >= 0.6 is 0 Å². The minimum Gasteiger partial charge on any atom is -0.334 e. The molecular weight excluding hydrogens is 216 g/mol. The second-order valence-electron chi connectivity index (χ2n) is 5.12. The van der Waals surface area contributed by atoms with E-state index in [0.717, 1.165) is 0 Å². The van der Waals surface area contributed by atoms with Crippen LogP contribution in [0.4, 0.5) is 0 Å². The molecule has 4 heteroatoms. The molecule has 0 saturated heterocycles. The number of nitriles is 1. The summed E-state index contributed by atoms with van der Waals surface area (Å²) in [6, 6.07) is 1.68. The molecule has 0 radical (unpaired) electrons. The van der Waals surface area contributed by atoms with Crippen molar-refractivity contribution in [1.82, 2.24) is 4.90 Å². The summed E-state index contributed by atoms with van der Waals surface area (Å²) in [7, 11) is 1.64. The molecule has 0 aromatic carbocycles. The zero-order valence-electron chi connectivity index (χ0n) is 11.0. The molecule has 0 aromatic rings. The Labute approximate surface area is 103 Å². The number of rotatable bonds is 5. The smallest absolute Gasteiger partial charge is 0.243 e. The molecule has 1 aliphatic carbocycles. The van der Waals surface area contributed by atoms with Crippen LogP contribution in [0.3, 0.4) is 0 Å². The first kappa shape index (κ1) is 13.7. The van der Waals surface area contributed by atoms with Gasteiger partial charge in [-0.3, -0.25) is 9.59 Å². The molecule has 0 bridgehead atoms. The summed E-state index contributed by atoms with van der Waals surface area (Å²) in [6.45, 7) is 5.65. The number of carbonyl (C=O) groups is 2. The zero-order valence-corrected chi connectivity index (χ0v) is 11.0. The van der Waals surface area contributed by atoms with E-state index >= 15 is 0 Å². The van der Waals surface area contributed by atoms with Crippen LogP contribution < -0.4 is 0 Å². The lowest BCUT2D eigenvalue weighted by Crippen LogP contribution is -2.48. The molecule has 0 heterocycles. The minimum absolute atomic E-state index is 0.0598. The fraction of sp³-hybridized carbons (Fsp3) is 0.769. The van der Waals surface area contributed by atoms with E-state index in [9.17, 15) is 9.59 Å². The third kappa shape index (κ3) is 2.49. The fourth-order valence-electron chi connectivity index (χ4n) is 2.21. The topological polar surface area (TPSA) is 61.2 Å². The number of ketones is 1. The van der Waals surface area contributed by atoms with Crippen molar-refractivity contribution in [3.8, 4) is 6.07 Å². The summed E-state index contributed by atoms with van der Waals surface area (Å²) >= 11 is 0. The van der Waals surface area contributed by atoms with Gasteiger partial charge in [0.25, 0.3) is 0 Å². The van der Waals surface area contributed by atoms with Gasteiger partial charge in [-0.05, 0) is 18.8 Å². The molecule has 1 fully saturated rings. The average molecular weight is 236 g/mol. The largest absolute Gasteiger partial charge is 0.334 e. The number of hydrogen-bond donors (Lipinski definition) is 0. The third-order valence-corrected chi connectivity index (χ3v) is 3.42. The highest BCUT2D eigenvalue weighted by atomic mass is 16.2. The normalized spacial score (nSPS) is 18.4. The summed E-state index contributed by atoms with van der Waals surface area (Å²) in [5, 5.41) is 9.01. The van der Waals surface area contributed by atoms with Crippen molar-refractivity contribution < 1.29 is 9.59 Å². The Balaban J connectivity index is 2.86. The van der Waals surface area contributed by atoms with Crippen molar-refractivity contribution in [1.29, 1.82) is 5.26 Å². The highest BCUT2D eigenvalue weighted by Crippen LogP contribution is 2.46. The molecule has 0 aliphatic heterocycles. The van der Waals surface area contributed by atoms with Gasteiger partial charge in [-0.2, -0.15) is 5.26 Å². The SMILES string of the molecule is CCC(=O)C(C(C)C)N(C)C(=O)C1(C#N)CC1. The van der Waals surface area contributed by atoms with E-state index in [1.54, 1.807) is 14.0 Å². The van der Waals surface area contributed by atoms with E-state index in [4.69, 9.17) is 5.26 Å². The molecule has 0 spiro atoms. The summed E-state index contributed by atoms with van der Waals surface area (Å²) in [6.07, 6.45) is 1.66. The van der Waals surface area contributed by atoms with Gasteiger partial charge < -0.3 is 4.90 Å². The highest BCUT2D eigenvalue weighted by Gasteiger charge is 2.53. The van der Waals surface area contributed by atoms with Crippen molar-refractivity contribution >= 4 is 11.7 Å². The lowest BCUT2D eigenvalue weighted by atomic mass is 9.95. The Bertz CT molecular complexity index is 364. The molecule has 94 valence electrons. The van der Waals surface area contributed by atoms with E-state index in [2.05, 4.69) is 6.07 Å². The number of carbonyl (C=O) groups excluding carboxylic acids is 2. The fourth-order valence-corrected chi connectivity index (χ4v) is 2.21. The number of Topliss-reactive ketones (excluding diaryl/α,β-unsaturated/α-hetero) is 1. The lowest BCUT2D eigenvalue weighted by molar-refractivity contribution is -0.142. The second-order valence-corrected chi connectivity index (χ2v) is 5.12. The molecule has 0 N–H and O–H groups in total. The first-order valence-electron chi connectivity index (χ1n) is 6.11. The van der Waals surface area contributed by atoms with Crippen LogP contribution in [0.1, 0.15) is 40.0 Å². The quantitative estimate of drug-likeness (QED) is 0.730. The van der Waals surface area contributed by atoms with Gasteiger partial charge in [-0.15, -0.1) is 0 Å². The first-order chi connectivity index (χ1) is 7.89. The predicted octanol–water partition coefficient (Wildman–Crippen LogP) is 1.75. The van der Waals surface area contributed by atoms with Crippen LogP contribution in [0.15, 0.2) is 0 Å². The van der Waals surface area contributed by atoms with Gasteiger partial charge in [0.2, 0.25) is 5.91 Å². The van der Waals surface area contributed by atoms with E-state index in [1.165, 1.54) is 4.90 Å². The summed E-state index contributed by atoms with van der Waals surface area (Å²) in [4.78, 5) is 25.5. The van der Waals surface area contributed by atoms with Crippen LogP contribution in [0.25, 0.3) is 0 Å². The summed E-state index contributed by atoms with van der Waals surface area (Å²) < 4.78 is 0. The number of nitrogens with zero attached hydrogens (tertiary/aromatic N) is 2. The van der Waals surface area contributed by atoms with Crippen molar-refractivity contribution in [2.45, 2.75) is 46.1 Å². The molecule has 17 heavy (non-hydrogen) atoms. The summed E-state index contributed by atoms with van der Waals surface area (Å²) in [5.74, 6) is -0.0593. The third-order valence-electron chi connectivity index (χ3n) is 3.42. The van der Waals surface area contributed by atoms with Crippen LogP contribution in [0, 0.1) is 22.7 Å². The highest BCUT2D eigenvalue weighted by molar-refractivity contribution is 5.93. The van der Waals surface area contributed by atoms with Gasteiger partial charge >= 0.3 is 0 Å². The van der Waals surface area contributed by atoms with Crippen LogP contribution in [0.2, 0.25) is 0 Å². The Morgan fingerprint density at radius 3 is 2.24 bits per heavy atom. The predicted molar refractivity (Wildman–Crippen MR) is 64.0 cm³/mol. The standard InChI is InChI=1S/C13H20N2O2/c1-5-10(16)11(9(2)3)15(4)12(17)13(8-14)6-7-13/h9,11H,5-7H2,1-4H3. The minimum atomic E-state index is -0.837. The Morgan fingerprint density at radius 1 is 1.41 bits per heavy atom. The molecule has 4 nitrogen and oxygen atoms in total. The molecular formula is C13H20N2O2. The molecule has 1 amide bonds. The van der Waals surface area contributed by atoms with Crippen molar-refractivity contribution in [3.05, 3.63) is 0 Å². The average Bonchev–Trinajstić information content (AvgIpc) is 3.08. The molecule has 1 saturated carbocycles. The van der Waals surface area contributed by atoms with E-state index < -0.39 is 11.5 Å². The van der Waals surface area contributed by atoms with E-state index in [1.807, 2.05) is 13.8 Å². The van der Waals surface area contributed by atoms with Crippen LogP contribution in [-0.4, -0.2) is 29.7 Å².